The van der Waals surface area contributed by atoms with Gasteiger partial charge >= 0.3 is 24.0 Å². The fourth-order valence-corrected chi connectivity index (χ4v) is 8.00. The molecule has 0 spiro atoms. The molecule has 3 aromatic carbocycles. The third-order valence-corrected chi connectivity index (χ3v) is 12.0. The summed E-state index contributed by atoms with van der Waals surface area (Å²) in [4.78, 5) is 53.5. The van der Waals surface area contributed by atoms with Gasteiger partial charge in [0.2, 0.25) is 0 Å². The molecule has 0 aliphatic carbocycles. The van der Waals surface area contributed by atoms with E-state index < -0.39 is 36.1 Å². The Morgan fingerprint density at radius 3 is 1.18 bits per heavy atom. The highest BCUT2D eigenvalue weighted by atomic mass is 16.5. The molecule has 2 unspecified atom stereocenters. The predicted molar refractivity (Wildman–Crippen MR) is 267 cm³/mol. The summed E-state index contributed by atoms with van der Waals surface area (Å²) in [5.41, 5.74) is 3.41. The molecule has 360 valence electrons. The van der Waals surface area contributed by atoms with Gasteiger partial charge in [-0.05, 0) is 48.6 Å². The Kier molecular flexibility index (Phi) is 29.7. The first-order valence-electron chi connectivity index (χ1n) is 25.5. The first-order chi connectivity index (χ1) is 31.8. The lowest BCUT2D eigenvalue weighted by Gasteiger charge is -2.20. The van der Waals surface area contributed by atoms with Crippen LogP contribution in [0.5, 0.6) is 0 Å². The number of benzene rings is 3. The Hall–Kier alpha value is -4.86. The molecular weight excluding hydrogens is 813 g/mol. The fourth-order valence-electron chi connectivity index (χ4n) is 8.00. The van der Waals surface area contributed by atoms with Gasteiger partial charge < -0.3 is 30.7 Å². The minimum atomic E-state index is -0.900. The molecule has 4 amide bonds. The Bertz CT molecular complexity index is 1720. The third kappa shape index (κ3) is 26.0. The maximum Gasteiger partial charge on any atom is 0.329 e. The maximum absolute atomic E-state index is 13.4. The van der Waals surface area contributed by atoms with Gasteiger partial charge in [0.1, 0.15) is 12.1 Å². The van der Waals surface area contributed by atoms with Gasteiger partial charge in [-0.3, -0.25) is 0 Å². The van der Waals surface area contributed by atoms with E-state index in [0.29, 0.717) is 24.6 Å². The number of nitrogens with one attached hydrogen (secondary N) is 4. The molecule has 0 aliphatic rings. The molecule has 0 radical (unpaired) electrons. The van der Waals surface area contributed by atoms with Gasteiger partial charge in [0.05, 0.1) is 13.2 Å². The number of esters is 2. The van der Waals surface area contributed by atoms with Crippen molar-refractivity contribution in [2.24, 2.45) is 0 Å². The molecule has 65 heavy (non-hydrogen) atoms. The first-order valence-corrected chi connectivity index (χ1v) is 25.5. The summed E-state index contributed by atoms with van der Waals surface area (Å²) in [7, 11) is 0. The highest BCUT2D eigenvalue weighted by molar-refractivity contribution is 5.96. The van der Waals surface area contributed by atoms with Crippen molar-refractivity contribution in [1.29, 1.82) is 0 Å². The molecule has 0 saturated heterocycles. The van der Waals surface area contributed by atoms with E-state index in [1.165, 1.54) is 116 Å². The number of unbranched alkanes of at least 4 members (excludes halogenated alkanes) is 22. The lowest BCUT2D eigenvalue weighted by molar-refractivity contribution is -0.146. The summed E-state index contributed by atoms with van der Waals surface area (Å²) in [6.45, 7) is 6.96. The maximum atomic E-state index is 13.4. The smallest absolute Gasteiger partial charge is 0.329 e. The van der Waals surface area contributed by atoms with Crippen LogP contribution in [-0.4, -0.2) is 49.3 Å². The van der Waals surface area contributed by atoms with Crippen LogP contribution in [0.3, 0.4) is 0 Å². The van der Waals surface area contributed by atoms with Crippen LogP contribution in [0, 0.1) is 6.92 Å². The molecule has 2 atom stereocenters. The van der Waals surface area contributed by atoms with Crippen LogP contribution in [0.25, 0.3) is 0 Å². The van der Waals surface area contributed by atoms with Gasteiger partial charge in [-0.25, -0.2) is 19.2 Å². The summed E-state index contributed by atoms with van der Waals surface area (Å²) in [5.74, 6) is -0.957. The molecule has 0 saturated carbocycles. The van der Waals surface area contributed by atoms with E-state index >= 15 is 0 Å². The van der Waals surface area contributed by atoms with Crippen LogP contribution < -0.4 is 21.3 Å². The van der Waals surface area contributed by atoms with Crippen LogP contribution in [0.1, 0.15) is 185 Å². The molecule has 10 heteroatoms. The molecule has 0 aromatic heterocycles. The zero-order chi connectivity index (χ0) is 46.6. The summed E-state index contributed by atoms with van der Waals surface area (Å²) < 4.78 is 11.4. The lowest BCUT2D eigenvalue weighted by atomic mass is 10.1. The minimum absolute atomic E-state index is 0.276. The van der Waals surface area contributed by atoms with Gasteiger partial charge in [0, 0.05) is 24.2 Å². The zero-order valence-electron chi connectivity index (χ0n) is 40.4. The largest absolute Gasteiger partial charge is 0.464 e. The second-order valence-electron chi connectivity index (χ2n) is 17.8. The number of rotatable bonds is 36. The van der Waals surface area contributed by atoms with Crippen molar-refractivity contribution in [3.8, 4) is 0 Å². The molecule has 10 nitrogen and oxygen atoms in total. The first kappa shape index (κ1) is 54.5. The van der Waals surface area contributed by atoms with E-state index in [-0.39, 0.29) is 12.8 Å². The number of hydrogen-bond donors (Lipinski definition) is 4. The monoisotopic (exact) mass is 897 g/mol. The Morgan fingerprint density at radius 1 is 0.446 bits per heavy atom. The summed E-state index contributed by atoms with van der Waals surface area (Å²) >= 11 is 0. The second kappa shape index (κ2) is 35.4. The number of amides is 4. The Morgan fingerprint density at radius 2 is 0.800 bits per heavy atom. The summed E-state index contributed by atoms with van der Waals surface area (Å²) in [5, 5.41) is 11.3. The highest BCUT2D eigenvalue weighted by Crippen LogP contribution is 2.21. The standard InChI is InChI=1S/C55H84N4O6/c1-4-6-8-10-12-14-16-18-20-22-24-32-40-64-52(60)50(42-46-34-28-26-29-35-46)58-54(62)56-48-39-38-45(3)49(44-48)57-55(63)59-51(43-47-36-30-27-31-37-47)53(61)65-41-33-25-23-21-19-17-15-13-11-9-7-5-2/h26-31,34-39,44,50-51H,4-25,32-33,40-43H2,1-3H3,(H2,56,58,62)(H2,57,59,63). The van der Waals surface area contributed by atoms with Crippen molar-refractivity contribution in [1.82, 2.24) is 10.6 Å². The highest BCUT2D eigenvalue weighted by Gasteiger charge is 2.25. The molecule has 3 aromatic rings. The number of urea groups is 2. The molecular formula is C55H84N4O6. The quantitative estimate of drug-likeness (QED) is 0.0339. The van der Waals surface area contributed by atoms with Crippen molar-refractivity contribution < 1.29 is 28.7 Å². The Labute approximate surface area is 392 Å². The van der Waals surface area contributed by atoms with Gasteiger partial charge in [-0.1, -0.05) is 222 Å². The van der Waals surface area contributed by atoms with Gasteiger partial charge in [-0.15, -0.1) is 0 Å². The number of aryl methyl sites for hydroxylation is 1. The van der Waals surface area contributed by atoms with E-state index in [4.69, 9.17) is 9.47 Å². The molecule has 0 bridgehead atoms. The van der Waals surface area contributed by atoms with Crippen LogP contribution in [0.4, 0.5) is 21.0 Å². The number of hydrogen-bond acceptors (Lipinski definition) is 6. The van der Waals surface area contributed by atoms with Crippen molar-refractivity contribution >= 4 is 35.4 Å². The fraction of sp³-hybridized carbons (Fsp3) is 0.600. The molecule has 4 N–H and O–H groups in total. The normalized spacial score (nSPS) is 11.9. The average Bonchev–Trinajstić information content (AvgIpc) is 3.30. The topological polar surface area (TPSA) is 135 Å². The summed E-state index contributed by atoms with van der Waals surface area (Å²) in [6.07, 6.45) is 29.8. The molecule has 3 rings (SSSR count). The van der Waals surface area contributed by atoms with E-state index in [1.54, 1.807) is 18.2 Å². The van der Waals surface area contributed by atoms with Crippen molar-refractivity contribution in [2.75, 3.05) is 23.8 Å². The van der Waals surface area contributed by atoms with Crippen LogP contribution in [0.2, 0.25) is 0 Å². The predicted octanol–water partition coefficient (Wildman–Crippen LogP) is 13.9. The number of carbonyl (C=O) groups excluding carboxylic acids is 4. The number of anilines is 2. The van der Waals surface area contributed by atoms with E-state index in [0.717, 1.165) is 55.2 Å². The van der Waals surface area contributed by atoms with Crippen LogP contribution in [-0.2, 0) is 31.9 Å². The van der Waals surface area contributed by atoms with Crippen LogP contribution in [0.15, 0.2) is 78.9 Å². The molecule has 0 fully saturated rings. The molecule has 0 heterocycles. The Balaban J connectivity index is 1.47. The zero-order valence-corrected chi connectivity index (χ0v) is 40.4. The third-order valence-electron chi connectivity index (χ3n) is 12.0. The van der Waals surface area contributed by atoms with Crippen LogP contribution >= 0.6 is 0 Å². The number of carbonyl (C=O) groups is 4. The van der Waals surface area contributed by atoms with Crippen molar-refractivity contribution in [3.63, 3.8) is 0 Å². The van der Waals surface area contributed by atoms with E-state index in [2.05, 4.69) is 35.1 Å². The number of ether oxygens (including phenoxy) is 2. The van der Waals surface area contributed by atoms with E-state index in [9.17, 15) is 19.2 Å². The molecule has 0 aliphatic heterocycles. The lowest BCUT2D eigenvalue weighted by Crippen LogP contribution is -2.45. The second-order valence-corrected chi connectivity index (χ2v) is 17.8. The van der Waals surface area contributed by atoms with E-state index in [1.807, 2.05) is 67.6 Å². The van der Waals surface area contributed by atoms with Crippen molar-refractivity contribution in [3.05, 3.63) is 95.6 Å². The van der Waals surface area contributed by atoms with Gasteiger partial charge in [-0.2, -0.15) is 0 Å². The van der Waals surface area contributed by atoms with Gasteiger partial charge in [0.15, 0.2) is 0 Å². The van der Waals surface area contributed by atoms with Gasteiger partial charge in [0.25, 0.3) is 0 Å². The SMILES string of the molecule is CCCCCCCCCCCCCCOC(=O)C(Cc1ccccc1)NC(=O)Nc1ccc(C)c(NC(=O)NC(Cc2ccccc2)C(=O)OCCCCCCCCCCCCCC)c1. The average molecular weight is 897 g/mol. The minimum Gasteiger partial charge on any atom is -0.464 e. The van der Waals surface area contributed by atoms with Crippen molar-refractivity contribution in [2.45, 2.75) is 200 Å². The summed E-state index contributed by atoms with van der Waals surface area (Å²) in [6, 6.07) is 21.3.